The molecule has 4 aromatic rings. The number of nitrogens with zero attached hydrogens (tertiary/aromatic N) is 3. The number of ether oxygens (including phenoxy) is 1. The van der Waals surface area contributed by atoms with Crippen LogP contribution in [0, 0.1) is 5.82 Å². The van der Waals surface area contributed by atoms with E-state index in [9.17, 15) is 31.9 Å². The third-order valence-electron chi connectivity index (χ3n) is 5.56. The van der Waals surface area contributed by atoms with Gasteiger partial charge < -0.3 is 10.1 Å². The van der Waals surface area contributed by atoms with Crippen LogP contribution < -0.4 is 21.3 Å². The number of rotatable bonds is 7. The first kappa shape index (κ1) is 26.3. The van der Waals surface area contributed by atoms with Gasteiger partial charge in [-0.1, -0.05) is 24.3 Å². The number of hydrogen-bond donors (Lipinski definition) is 1. The lowest BCUT2D eigenvalue weighted by Gasteiger charge is -2.13. The van der Waals surface area contributed by atoms with Gasteiger partial charge in [0.25, 0.3) is 11.5 Å². The molecular formula is C26H20F4N4O4. The summed E-state index contributed by atoms with van der Waals surface area (Å²) in [6.07, 6.45) is -4.60. The van der Waals surface area contributed by atoms with Gasteiger partial charge in [-0.05, 0) is 59.7 Å². The average molecular weight is 528 g/mol. The second-order valence-corrected chi connectivity index (χ2v) is 8.14. The van der Waals surface area contributed by atoms with Gasteiger partial charge in [0.1, 0.15) is 11.6 Å². The number of hydrogen-bond acceptors (Lipinski definition) is 5. The van der Waals surface area contributed by atoms with Crippen molar-refractivity contribution in [3.63, 3.8) is 0 Å². The smallest absolute Gasteiger partial charge is 0.416 e. The van der Waals surface area contributed by atoms with Crippen molar-refractivity contribution in [1.29, 1.82) is 0 Å². The number of carbonyl (C=O) groups is 1. The minimum Gasteiger partial charge on any atom is -0.497 e. The molecule has 4 rings (SSSR count). The van der Waals surface area contributed by atoms with Gasteiger partial charge >= 0.3 is 11.9 Å². The molecule has 3 aromatic carbocycles. The molecule has 0 bridgehead atoms. The van der Waals surface area contributed by atoms with E-state index in [0.29, 0.717) is 21.6 Å². The molecule has 12 heteroatoms. The van der Waals surface area contributed by atoms with Crippen molar-refractivity contribution in [1.82, 2.24) is 19.7 Å². The number of halogens is 4. The predicted octanol–water partition coefficient (Wildman–Crippen LogP) is 3.54. The van der Waals surface area contributed by atoms with Crippen LogP contribution in [0.1, 0.15) is 27.2 Å². The van der Waals surface area contributed by atoms with Crippen molar-refractivity contribution < 1.29 is 27.1 Å². The molecule has 1 amide bonds. The Morgan fingerprint density at radius 1 is 0.974 bits per heavy atom. The summed E-state index contributed by atoms with van der Waals surface area (Å²) in [7, 11) is 1.44. The molecule has 1 aromatic heterocycles. The fourth-order valence-electron chi connectivity index (χ4n) is 3.58. The average Bonchev–Trinajstić information content (AvgIpc) is 2.90. The molecule has 0 atom stereocenters. The molecule has 1 heterocycles. The Kier molecular flexibility index (Phi) is 7.42. The van der Waals surface area contributed by atoms with E-state index in [2.05, 4.69) is 10.4 Å². The fraction of sp³-hybridized carbons (Fsp3) is 0.154. The van der Waals surface area contributed by atoms with Crippen LogP contribution in [0.5, 0.6) is 5.75 Å². The van der Waals surface area contributed by atoms with E-state index in [1.54, 1.807) is 24.3 Å². The summed E-state index contributed by atoms with van der Waals surface area (Å²) in [5.41, 5.74) is -2.63. The molecule has 0 aliphatic heterocycles. The molecule has 0 aliphatic carbocycles. The molecule has 0 aliphatic rings. The summed E-state index contributed by atoms with van der Waals surface area (Å²) in [5.74, 6) is -0.935. The van der Waals surface area contributed by atoms with E-state index >= 15 is 0 Å². The molecule has 0 fully saturated rings. The fourth-order valence-corrected chi connectivity index (χ4v) is 3.58. The van der Waals surface area contributed by atoms with Crippen molar-refractivity contribution >= 4 is 5.91 Å². The normalized spacial score (nSPS) is 11.3. The van der Waals surface area contributed by atoms with E-state index in [4.69, 9.17) is 4.74 Å². The second kappa shape index (κ2) is 10.7. The number of nitrogens with one attached hydrogen (secondary N) is 1. The minimum absolute atomic E-state index is 0.0739. The molecule has 38 heavy (non-hydrogen) atoms. The summed E-state index contributed by atoms with van der Waals surface area (Å²) in [4.78, 5) is 39.4. The van der Waals surface area contributed by atoms with Crippen LogP contribution in [0.3, 0.4) is 0 Å². The van der Waals surface area contributed by atoms with Crippen molar-refractivity contribution in [2.24, 2.45) is 0 Å². The highest BCUT2D eigenvalue weighted by Crippen LogP contribution is 2.29. The van der Waals surface area contributed by atoms with Crippen LogP contribution in [0.2, 0.25) is 0 Å². The first-order valence-corrected chi connectivity index (χ1v) is 11.1. The third kappa shape index (κ3) is 5.80. The van der Waals surface area contributed by atoms with Gasteiger partial charge in [0.05, 0.1) is 24.9 Å². The Hall–Kier alpha value is -4.74. The van der Waals surface area contributed by atoms with Crippen molar-refractivity contribution in [3.8, 4) is 11.4 Å². The monoisotopic (exact) mass is 528 g/mol. The zero-order chi connectivity index (χ0) is 27.4. The summed E-state index contributed by atoms with van der Waals surface area (Å²) in [5, 5.41) is 6.38. The Morgan fingerprint density at radius 2 is 1.66 bits per heavy atom. The van der Waals surface area contributed by atoms with Gasteiger partial charge in [-0.3, -0.25) is 14.2 Å². The summed E-state index contributed by atoms with van der Waals surface area (Å²) < 4.78 is 58.9. The van der Waals surface area contributed by atoms with E-state index in [1.165, 1.54) is 31.4 Å². The number of benzene rings is 3. The lowest BCUT2D eigenvalue weighted by Crippen LogP contribution is -2.46. The Labute approximate surface area is 212 Å². The van der Waals surface area contributed by atoms with E-state index in [0.717, 1.165) is 28.8 Å². The van der Waals surface area contributed by atoms with Crippen molar-refractivity contribution in [2.45, 2.75) is 19.3 Å². The number of amides is 1. The maximum Gasteiger partial charge on any atom is 0.416 e. The standard InChI is InChI=1S/C26H20F4N4O4/c1-38-21-4-2-3-17(13-21)15-33-24(36)22(23(35)31-14-16-5-9-19(27)10-6-16)32-34(25(33)37)20-11-7-18(8-12-20)26(28,29)30/h2-13H,14-15H2,1H3,(H,31,35). The predicted molar refractivity (Wildman–Crippen MR) is 129 cm³/mol. The second-order valence-electron chi connectivity index (χ2n) is 8.14. The summed E-state index contributed by atoms with van der Waals surface area (Å²) >= 11 is 0. The third-order valence-corrected chi connectivity index (χ3v) is 5.56. The lowest BCUT2D eigenvalue weighted by molar-refractivity contribution is -0.137. The van der Waals surface area contributed by atoms with E-state index < -0.39 is 40.4 Å². The van der Waals surface area contributed by atoms with Crippen LogP contribution in [-0.4, -0.2) is 27.4 Å². The zero-order valence-corrected chi connectivity index (χ0v) is 19.8. The van der Waals surface area contributed by atoms with Gasteiger partial charge in [0.15, 0.2) is 0 Å². The van der Waals surface area contributed by atoms with Crippen molar-refractivity contribution in [2.75, 3.05) is 7.11 Å². The van der Waals surface area contributed by atoms with Gasteiger partial charge in [-0.2, -0.15) is 23.0 Å². The molecule has 0 saturated carbocycles. The highest BCUT2D eigenvalue weighted by atomic mass is 19.4. The molecule has 0 saturated heterocycles. The Morgan fingerprint density at radius 3 is 2.29 bits per heavy atom. The van der Waals surface area contributed by atoms with Gasteiger partial charge in [0.2, 0.25) is 5.69 Å². The van der Waals surface area contributed by atoms with Crippen molar-refractivity contribution in [3.05, 3.63) is 122 Å². The molecule has 196 valence electrons. The van der Waals surface area contributed by atoms with Crippen LogP contribution >= 0.6 is 0 Å². The first-order chi connectivity index (χ1) is 18.1. The highest BCUT2D eigenvalue weighted by molar-refractivity contribution is 5.91. The molecule has 0 unspecified atom stereocenters. The van der Waals surface area contributed by atoms with Gasteiger partial charge in [-0.15, -0.1) is 0 Å². The molecule has 1 N–H and O–H groups in total. The largest absolute Gasteiger partial charge is 0.497 e. The Bertz CT molecular complexity index is 1580. The lowest BCUT2D eigenvalue weighted by atomic mass is 10.2. The van der Waals surface area contributed by atoms with E-state index in [1.807, 2.05) is 0 Å². The highest BCUT2D eigenvalue weighted by Gasteiger charge is 2.30. The van der Waals surface area contributed by atoms with Gasteiger partial charge in [0, 0.05) is 6.54 Å². The minimum atomic E-state index is -4.60. The van der Waals surface area contributed by atoms with Crippen LogP contribution in [0.15, 0.2) is 82.4 Å². The quantitative estimate of drug-likeness (QED) is 0.371. The number of alkyl halides is 3. The van der Waals surface area contributed by atoms with E-state index in [-0.39, 0.29) is 18.8 Å². The topological polar surface area (TPSA) is 95.2 Å². The number of aromatic nitrogens is 3. The Balaban J connectivity index is 1.77. The maximum atomic E-state index is 13.3. The first-order valence-electron chi connectivity index (χ1n) is 11.1. The van der Waals surface area contributed by atoms with Gasteiger partial charge in [-0.25, -0.2) is 9.18 Å². The SMILES string of the molecule is COc1cccc(Cn2c(=O)c(C(=O)NCc3ccc(F)cc3)nn(-c3ccc(C(F)(F)F)cc3)c2=O)c1. The number of carbonyl (C=O) groups excluding carboxylic acids is 1. The summed E-state index contributed by atoms with van der Waals surface area (Å²) in [6.45, 7) is -0.341. The van der Waals surface area contributed by atoms with Crippen LogP contribution in [-0.2, 0) is 19.3 Å². The zero-order valence-electron chi connectivity index (χ0n) is 19.8. The molecular weight excluding hydrogens is 508 g/mol. The molecule has 8 nitrogen and oxygen atoms in total. The van der Waals surface area contributed by atoms with Crippen LogP contribution in [0.25, 0.3) is 5.69 Å². The van der Waals surface area contributed by atoms with Crippen LogP contribution in [0.4, 0.5) is 17.6 Å². The summed E-state index contributed by atoms with van der Waals surface area (Å²) in [6, 6.07) is 15.3. The maximum absolute atomic E-state index is 13.3. The number of methoxy groups -OCH3 is 1. The molecule has 0 spiro atoms. The molecule has 0 radical (unpaired) electrons.